The van der Waals surface area contributed by atoms with Crippen LogP contribution in [0.4, 0.5) is 0 Å². The number of hydrogen-bond donors (Lipinski definition) is 0. The van der Waals surface area contributed by atoms with Crippen LogP contribution in [0.5, 0.6) is 0 Å². The van der Waals surface area contributed by atoms with Crippen molar-refractivity contribution in [1.29, 1.82) is 0 Å². The van der Waals surface area contributed by atoms with E-state index in [-0.39, 0.29) is 5.41 Å². The molecule has 4 heterocycles. The van der Waals surface area contributed by atoms with Crippen LogP contribution in [0.1, 0.15) is 51.5 Å². The van der Waals surface area contributed by atoms with Gasteiger partial charge in [-0.05, 0) is 70.5 Å². The molecule has 0 fully saturated rings. The smallest absolute Gasteiger partial charge is 0.135 e. The molecule has 6 rings (SSSR count). The van der Waals surface area contributed by atoms with Crippen molar-refractivity contribution in [2.24, 2.45) is 5.92 Å². The zero-order chi connectivity index (χ0) is 23.8. The lowest BCUT2D eigenvalue weighted by Crippen LogP contribution is -2.11. The summed E-state index contributed by atoms with van der Waals surface area (Å²) in [5.74, 6) is 1.66. The molecule has 0 bridgehead atoms. The molecule has 0 radical (unpaired) electrons. The molecule has 34 heavy (non-hydrogen) atoms. The van der Waals surface area contributed by atoms with Crippen molar-refractivity contribution in [2.45, 2.75) is 53.4 Å². The van der Waals surface area contributed by atoms with E-state index >= 15 is 0 Å². The molecular weight excluding hydrogens is 456 g/mol. The number of fused-ring (bicyclic) bond motifs is 5. The first kappa shape index (κ1) is 21.8. The Morgan fingerprint density at radius 1 is 1.03 bits per heavy atom. The van der Waals surface area contributed by atoms with Crippen molar-refractivity contribution >= 4 is 64.0 Å². The Morgan fingerprint density at radius 2 is 1.85 bits per heavy atom. The van der Waals surface area contributed by atoms with Crippen molar-refractivity contribution in [2.75, 3.05) is 0 Å². The number of benzene rings is 2. The van der Waals surface area contributed by atoms with Gasteiger partial charge in [0.2, 0.25) is 0 Å². The highest BCUT2D eigenvalue weighted by molar-refractivity contribution is 7.25. The van der Waals surface area contributed by atoms with Crippen LogP contribution < -0.4 is 0 Å². The van der Waals surface area contributed by atoms with Crippen LogP contribution in [0.2, 0.25) is 0 Å². The standard InChI is InChI=1S/C29H28N2OS2/c1-15(2)9-22-16(3)19-13-24-20(12-23(19)32-22)25-26(30-14-31-28(25)34-24)18-10-17-7-8-33-27(17)21(11-18)29(4,5)6/h7-8,10-15H,9H2,1-6H3. The van der Waals surface area contributed by atoms with Crippen LogP contribution in [-0.2, 0) is 11.8 Å². The van der Waals surface area contributed by atoms with E-state index in [2.05, 4.69) is 82.2 Å². The van der Waals surface area contributed by atoms with E-state index in [4.69, 9.17) is 9.40 Å². The third kappa shape index (κ3) is 3.37. The zero-order valence-corrected chi connectivity index (χ0v) is 22.1. The third-order valence-corrected chi connectivity index (χ3v) is 8.68. The first-order valence-corrected chi connectivity index (χ1v) is 13.5. The van der Waals surface area contributed by atoms with E-state index in [0.29, 0.717) is 5.92 Å². The lowest BCUT2D eigenvalue weighted by Gasteiger charge is -2.21. The fourth-order valence-corrected chi connectivity index (χ4v) is 7.10. The first-order valence-electron chi connectivity index (χ1n) is 11.8. The number of aryl methyl sites for hydroxylation is 1. The summed E-state index contributed by atoms with van der Waals surface area (Å²) in [4.78, 5) is 10.5. The van der Waals surface area contributed by atoms with Crippen LogP contribution >= 0.6 is 22.7 Å². The predicted molar refractivity (Wildman–Crippen MR) is 147 cm³/mol. The molecular formula is C29H28N2OS2. The van der Waals surface area contributed by atoms with Gasteiger partial charge in [0.05, 0.1) is 5.69 Å². The maximum absolute atomic E-state index is 6.36. The van der Waals surface area contributed by atoms with E-state index in [1.54, 1.807) is 17.7 Å². The molecule has 0 amide bonds. The van der Waals surface area contributed by atoms with Crippen LogP contribution in [-0.4, -0.2) is 9.97 Å². The Kier molecular flexibility index (Phi) is 4.88. The summed E-state index contributed by atoms with van der Waals surface area (Å²) in [6.45, 7) is 13.5. The predicted octanol–water partition coefficient (Wildman–Crippen LogP) is 9.28. The van der Waals surface area contributed by atoms with Gasteiger partial charge in [0.1, 0.15) is 22.5 Å². The van der Waals surface area contributed by atoms with Gasteiger partial charge in [0.15, 0.2) is 0 Å². The molecule has 2 aromatic carbocycles. The lowest BCUT2D eigenvalue weighted by molar-refractivity contribution is 0.496. The van der Waals surface area contributed by atoms with E-state index in [1.165, 1.54) is 36.7 Å². The second kappa shape index (κ2) is 7.62. The average molecular weight is 485 g/mol. The summed E-state index contributed by atoms with van der Waals surface area (Å²) in [6.07, 6.45) is 2.66. The molecule has 0 atom stereocenters. The maximum atomic E-state index is 6.36. The molecule has 0 N–H and O–H groups in total. The van der Waals surface area contributed by atoms with Gasteiger partial charge in [-0.15, -0.1) is 22.7 Å². The highest BCUT2D eigenvalue weighted by Crippen LogP contribution is 2.43. The number of aromatic nitrogens is 2. The molecule has 0 unspecified atom stereocenters. The van der Waals surface area contributed by atoms with Gasteiger partial charge in [-0.2, -0.15) is 0 Å². The van der Waals surface area contributed by atoms with Gasteiger partial charge in [0.25, 0.3) is 0 Å². The van der Waals surface area contributed by atoms with E-state index < -0.39 is 0 Å². The van der Waals surface area contributed by atoms with Crippen molar-refractivity contribution in [3.05, 3.63) is 58.9 Å². The molecule has 5 heteroatoms. The highest BCUT2D eigenvalue weighted by atomic mass is 32.1. The number of nitrogens with zero attached hydrogens (tertiary/aromatic N) is 2. The number of furan rings is 1. The van der Waals surface area contributed by atoms with E-state index in [0.717, 1.165) is 39.2 Å². The fraction of sp³-hybridized carbons (Fsp3) is 0.310. The summed E-state index contributed by atoms with van der Waals surface area (Å²) in [6, 6.07) is 11.3. The fourth-order valence-electron chi connectivity index (χ4n) is 4.93. The normalized spacial score (nSPS) is 12.8. The maximum Gasteiger partial charge on any atom is 0.135 e. The van der Waals surface area contributed by atoms with Crippen molar-refractivity contribution < 1.29 is 4.42 Å². The van der Waals surface area contributed by atoms with Crippen molar-refractivity contribution in [3.8, 4) is 11.3 Å². The quantitative estimate of drug-likeness (QED) is 0.251. The highest BCUT2D eigenvalue weighted by Gasteiger charge is 2.22. The number of hydrogen-bond acceptors (Lipinski definition) is 5. The topological polar surface area (TPSA) is 38.9 Å². The molecule has 0 saturated carbocycles. The van der Waals surface area contributed by atoms with Gasteiger partial charge >= 0.3 is 0 Å². The largest absolute Gasteiger partial charge is 0.461 e. The van der Waals surface area contributed by atoms with Crippen LogP contribution in [0.15, 0.2) is 46.5 Å². The molecule has 0 spiro atoms. The molecule has 172 valence electrons. The summed E-state index contributed by atoms with van der Waals surface area (Å²) in [5, 5.41) is 6.97. The zero-order valence-electron chi connectivity index (χ0n) is 20.4. The van der Waals surface area contributed by atoms with Crippen LogP contribution in [0, 0.1) is 12.8 Å². The average Bonchev–Trinajstić information content (AvgIpc) is 3.46. The summed E-state index contributed by atoms with van der Waals surface area (Å²) < 4.78 is 8.95. The molecule has 0 aliphatic rings. The Hall–Kier alpha value is -2.76. The minimum absolute atomic E-state index is 0.0483. The SMILES string of the molecule is Cc1c(CC(C)C)oc2cc3c(cc12)sc1ncnc(-c2cc(C(C)(C)C)c4sccc4c2)c13. The molecule has 6 aromatic rings. The molecule has 3 nitrogen and oxygen atoms in total. The minimum atomic E-state index is 0.0483. The molecule has 0 aliphatic carbocycles. The first-order chi connectivity index (χ1) is 16.2. The van der Waals surface area contributed by atoms with Gasteiger partial charge < -0.3 is 4.42 Å². The Morgan fingerprint density at radius 3 is 2.62 bits per heavy atom. The molecule has 0 saturated heterocycles. The Bertz CT molecular complexity index is 1710. The van der Waals surface area contributed by atoms with Crippen molar-refractivity contribution in [1.82, 2.24) is 9.97 Å². The second-order valence-corrected chi connectivity index (χ2v) is 12.7. The number of thiophene rings is 2. The van der Waals surface area contributed by atoms with Gasteiger partial charge in [0, 0.05) is 37.5 Å². The summed E-state index contributed by atoms with van der Waals surface area (Å²) in [5.41, 5.74) is 5.78. The Balaban J connectivity index is 1.64. The van der Waals surface area contributed by atoms with E-state index in [9.17, 15) is 0 Å². The third-order valence-electron chi connectivity index (χ3n) is 6.65. The van der Waals surface area contributed by atoms with Crippen molar-refractivity contribution in [3.63, 3.8) is 0 Å². The lowest BCUT2D eigenvalue weighted by atomic mass is 9.85. The monoisotopic (exact) mass is 484 g/mol. The van der Waals surface area contributed by atoms with Crippen LogP contribution in [0.3, 0.4) is 0 Å². The van der Waals surface area contributed by atoms with Gasteiger partial charge in [-0.25, -0.2) is 9.97 Å². The molecule has 4 aromatic heterocycles. The minimum Gasteiger partial charge on any atom is -0.461 e. The summed E-state index contributed by atoms with van der Waals surface area (Å²) in [7, 11) is 0. The summed E-state index contributed by atoms with van der Waals surface area (Å²) >= 11 is 3.56. The van der Waals surface area contributed by atoms with Crippen LogP contribution in [0.25, 0.3) is 52.6 Å². The van der Waals surface area contributed by atoms with Gasteiger partial charge in [-0.3, -0.25) is 0 Å². The molecule has 0 aliphatic heterocycles. The van der Waals surface area contributed by atoms with Gasteiger partial charge in [-0.1, -0.05) is 34.6 Å². The Labute approximate surface area is 207 Å². The number of rotatable bonds is 3. The second-order valence-electron chi connectivity index (χ2n) is 10.7. The van der Waals surface area contributed by atoms with E-state index in [1.807, 2.05) is 11.3 Å².